The van der Waals surface area contributed by atoms with Crippen molar-refractivity contribution in [1.82, 2.24) is 4.90 Å². The third kappa shape index (κ3) is 1.28. The molecule has 1 aliphatic carbocycles. The number of para-hydroxylation sites is 1. The second-order valence-electron chi connectivity index (χ2n) is 8.65. The summed E-state index contributed by atoms with van der Waals surface area (Å²) in [5.74, 6) is -0.154. The fraction of sp³-hybridized carbons (Fsp3) is 0.571. The number of esters is 1. The van der Waals surface area contributed by atoms with Crippen molar-refractivity contribution in [3.05, 3.63) is 41.5 Å². The summed E-state index contributed by atoms with van der Waals surface area (Å²) in [7, 11) is 1.46. The third-order valence-electron chi connectivity index (χ3n) is 8.30. The first-order valence-electron chi connectivity index (χ1n) is 9.64. The summed E-state index contributed by atoms with van der Waals surface area (Å²) < 4.78 is 5.34. The minimum absolute atomic E-state index is 0.0570. The number of fused-ring (bicyclic) bond motifs is 2. The van der Waals surface area contributed by atoms with E-state index in [0.717, 1.165) is 25.1 Å². The SMILES string of the molecule is C/C=C1/CN2[C@H]3C[C@@]45c6ccccc6N[C@H]4[C@@H]2C[C@@H]1[C@]3(C(=O)OC)[C@H]5O. The van der Waals surface area contributed by atoms with E-state index in [-0.39, 0.29) is 24.0 Å². The smallest absolute Gasteiger partial charge is 0.316 e. The largest absolute Gasteiger partial charge is 0.468 e. The van der Waals surface area contributed by atoms with Crippen molar-refractivity contribution < 1.29 is 14.6 Å². The van der Waals surface area contributed by atoms with E-state index in [9.17, 15) is 9.90 Å². The van der Waals surface area contributed by atoms with Crippen molar-refractivity contribution in [3.63, 3.8) is 0 Å². The van der Waals surface area contributed by atoms with Crippen LogP contribution >= 0.6 is 0 Å². The number of carbonyl (C=O) groups is 1. The van der Waals surface area contributed by atoms with Crippen molar-refractivity contribution in [1.29, 1.82) is 0 Å². The molecule has 1 spiro atoms. The molecule has 7 rings (SSSR count). The molecular formula is C21H24N2O3. The lowest BCUT2D eigenvalue weighted by atomic mass is 9.58. The lowest BCUT2D eigenvalue weighted by Crippen LogP contribution is -2.71. The van der Waals surface area contributed by atoms with Gasteiger partial charge in [0.25, 0.3) is 0 Å². The minimum Gasteiger partial charge on any atom is -0.468 e. The summed E-state index contributed by atoms with van der Waals surface area (Å²) >= 11 is 0. The van der Waals surface area contributed by atoms with Gasteiger partial charge < -0.3 is 15.2 Å². The van der Waals surface area contributed by atoms with Crippen LogP contribution in [0.4, 0.5) is 5.69 Å². The van der Waals surface area contributed by atoms with Crippen LogP contribution in [0.25, 0.3) is 0 Å². The molecule has 0 radical (unpaired) electrons. The molecular weight excluding hydrogens is 328 g/mol. The van der Waals surface area contributed by atoms with Gasteiger partial charge >= 0.3 is 5.97 Å². The Bertz CT molecular complexity index is 867. The van der Waals surface area contributed by atoms with Crippen LogP contribution in [0.2, 0.25) is 0 Å². The lowest BCUT2D eigenvalue weighted by molar-refractivity contribution is -0.179. The van der Waals surface area contributed by atoms with Crippen LogP contribution in [0.1, 0.15) is 25.3 Å². The summed E-state index contributed by atoms with van der Waals surface area (Å²) in [5.41, 5.74) is 2.34. The number of rotatable bonds is 1. The fourth-order valence-corrected chi connectivity index (χ4v) is 7.49. The number of ether oxygens (including phenoxy) is 1. The second-order valence-corrected chi connectivity index (χ2v) is 8.65. The number of methoxy groups -OCH3 is 1. The van der Waals surface area contributed by atoms with Gasteiger partial charge in [-0.15, -0.1) is 0 Å². The molecule has 5 heterocycles. The molecule has 5 nitrogen and oxygen atoms in total. The van der Waals surface area contributed by atoms with Crippen LogP contribution in [0, 0.1) is 11.3 Å². The van der Waals surface area contributed by atoms with Crippen molar-refractivity contribution in [2.24, 2.45) is 11.3 Å². The predicted octanol–water partition coefficient (Wildman–Crippen LogP) is 1.68. The van der Waals surface area contributed by atoms with Crippen LogP contribution < -0.4 is 5.32 Å². The summed E-state index contributed by atoms with van der Waals surface area (Å²) in [5, 5.41) is 15.6. The molecule has 5 heteroatoms. The average Bonchev–Trinajstić information content (AvgIpc) is 3.13. The van der Waals surface area contributed by atoms with Crippen molar-refractivity contribution in [2.45, 2.75) is 49.4 Å². The van der Waals surface area contributed by atoms with E-state index in [4.69, 9.17) is 4.74 Å². The number of allylic oxidation sites excluding steroid dienone is 1. The van der Waals surface area contributed by atoms with Gasteiger partial charge in [0.1, 0.15) is 5.41 Å². The maximum atomic E-state index is 13.2. The van der Waals surface area contributed by atoms with Gasteiger partial charge in [-0.25, -0.2) is 0 Å². The van der Waals surface area contributed by atoms with Gasteiger partial charge in [-0.1, -0.05) is 29.8 Å². The standard InChI is InChI=1S/C21H24N2O3/c1-3-11-10-23-15-8-13(11)21(19(25)26-2)16(23)9-20(18(21)24)12-6-4-5-7-14(12)22-17(15)20/h3-7,13,15-18,22,24H,8-10H2,1-2H3/b11-3-/t13-,15-,16-,17-,18-,20+,21+/m0/s1. The van der Waals surface area contributed by atoms with Crippen LogP contribution in [0.15, 0.2) is 35.9 Å². The molecule has 136 valence electrons. The average molecular weight is 352 g/mol. The maximum absolute atomic E-state index is 13.2. The number of aliphatic hydroxyl groups excluding tert-OH is 1. The fourth-order valence-electron chi connectivity index (χ4n) is 7.49. The molecule has 8 atom stereocenters. The Morgan fingerprint density at radius 1 is 1.42 bits per heavy atom. The quantitative estimate of drug-likeness (QED) is 0.595. The number of nitrogens with one attached hydrogen (secondary N) is 1. The topological polar surface area (TPSA) is 61.8 Å². The normalized spacial score (nSPS) is 50.5. The molecule has 1 saturated carbocycles. The van der Waals surface area contributed by atoms with E-state index in [1.165, 1.54) is 18.2 Å². The highest BCUT2D eigenvalue weighted by Gasteiger charge is 2.82. The van der Waals surface area contributed by atoms with Gasteiger partial charge in [-0.3, -0.25) is 9.69 Å². The van der Waals surface area contributed by atoms with E-state index in [0.29, 0.717) is 6.04 Å². The van der Waals surface area contributed by atoms with Gasteiger partial charge in [0.15, 0.2) is 0 Å². The molecule has 1 aromatic rings. The number of anilines is 1. The zero-order valence-electron chi connectivity index (χ0n) is 15.1. The zero-order chi connectivity index (χ0) is 17.8. The van der Waals surface area contributed by atoms with E-state index in [2.05, 4.69) is 35.3 Å². The summed E-state index contributed by atoms with van der Waals surface area (Å²) in [6, 6.07) is 8.89. The Labute approximate surface area is 153 Å². The molecule has 26 heavy (non-hydrogen) atoms. The Balaban J connectivity index is 1.65. The van der Waals surface area contributed by atoms with Gasteiger partial charge in [0, 0.05) is 35.6 Å². The van der Waals surface area contributed by atoms with E-state index in [1.54, 1.807) is 0 Å². The van der Waals surface area contributed by atoms with Gasteiger partial charge in [0.05, 0.1) is 19.3 Å². The van der Waals surface area contributed by atoms with Gasteiger partial charge in [-0.2, -0.15) is 0 Å². The molecule has 1 aromatic carbocycles. The summed E-state index contributed by atoms with van der Waals surface area (Å²) in [6.07, 6.45) is 3.15. The molecule has 0 aromatic heterocycles. The summed E-state index contributed by atoms with van der Waals surface area (Å²) in [4.78, 5) is 15.7. The number of hydrogen-bond acceptors (Lipinski definition) is 5. The number of piperidine rings is 4. The molecule has 0 amide bonds. The summed E-state index contributed by atoms with van der Waals surface area (Å²) in [6.45, 7) is 2.96. The first kappa shape index (κ1) is 15.2. The maximum Gasteiger partial charge on any atom is 0.316 e. The molecule has 5 aliphatic heterocycles. The van der Waals surface area contributed by atoms with E-state index < -0.39 is 16.9 Å². The van der Waals surface area contributed by atoms with Crippen LogP contribution in [-0.2, 0) is 14.9 Å². The zero-order valence-corrected chi connectivity index (χ0v) is 15.1. The van der Waals surface area contributed by atoms with E-state index in [1.807, 2.05) is 12.1 Å². The van der Waals surface area contributed by atoms with Crippen molar-refractivity contribution >= 4 is 11.7 Å². The first-order valence-corrected chi connectivity index (χ1v) is 9.64. The number of aliphatic hydroxyl groups is 1. The highest BCUT2D eigenvalue weighted by molar-refractivity contribution is 5.84. The van der Waals surface area contributed by atoms with Crippen molar-refractivity contribution in [3.8, 4) is 0 Å². The van der Waals surface area contributed by atoms with Crippen molar-refractivity contribution in [2.75, 3.05) is 19.0 Å². The molecule has 6 aliphatic rings. The Kier molecular flexibility index (Phi) is 2.65. The van der Waals surface area contributed by atoms with Gasteiger partial charge in [0.2, 0.25) is 0 Å². The van der Waals surface area contributed by atoms with E-state index >= 15 is 0 Å². The molecule has 5 fully saturated rings. The predicted molar refractivity (Wildman–Crippen MR) is 96.7 cm³/mol. The van der Waals surface area contributed by atoms with Crippen LogP contribution in [0.5, 0.6) is 0 Å². The molecule has 4 saturated heterocycles. The minimum atomic E-state index is -0.848. The third-order valence-corrected chi connectivity index (χ3v) is 8.30. The first-order chi connectivity index (χ1) is 12.6. The molecule has 5 bridgehead atoms. The number of benzene rings is 1. The lowest BCUT2D eigenvalue weighted by Gasteiger charge is -2.60. The number of hydrogen-bond donors (Lipinski definition) is 2. The Morgan fingerprint density at radius 2 is 2.23 bits per heavy atom. The highest BCUT2D eigenvalue weighted by atomic mass is 16.5. The molecule has 2 N–H and O–H groups in total. The highest BCUT2D eigenvalue weighted by Crippen LogP contribution is 2.71. The number of nitrogens with zero attached hydrogens (tertiary/aromatic N) is 1. The Hall–Kier alpha value is -1.85. The molecule has 1 unspecified atom stereocenters. The monoisotopic (exact) mass is 352 g/mol. The second kappa shape index (κ2) is 4.52. The van der Waals surface area contributed by atoms with Crippen LogP contribution in [0.3, 0.4) is 0 Å². The number of carbonyl (C=O) groups excluding carboxylic acids is 1. The van der Waals surface area contributed by atoms with Gasteiger partial charge in [-0.05, 0) is 31.4 Å². The Morgan fingerprint density at radius 3 is 3.00 bits per heavy atom. The van der Waals surface area contributed by atoms with Crippen LogP contribution in [-0.4, -0.2) is 53.9 Å².